The molecule has 1 N–H and O–H groups in total. The van der Waals surface area contributed by atoms with Gasteiger partial charge in [0.05, 0.1) is 10.6 Å². The lowest BCUT2D eigenvalue weighted by Crippen LogP contribution is -2.16. The van der Waals surface area contributed by atoms with Gasteiger partial charge in [0.15, 0.2) is 5.69 Å². The van der Waals surface area contributed by atoms with Gasteiger partial charge in [0, 0.05) is 6.20 Å². The zero-order valence-electron chi connectivity index (χ0n) is 13.7. The number of carbonyl (C=O) groups excluding carboxylic acids is 1. The van der Waals surface area contributed by atoms with Crippen LogP contribution >= 0.6 is 11.6 Å². The highest BCUT2D eigenvalue weighted by Crippen LogP contribution is 2.21. The number of halogens is 1. The molecule has 2 heterocycles. The third-order valence-electron chi connectivity index (χ3n) is 3.63. The minimum absolute atomic E-state index is 0.169. The molecule has 1 aromatic carbocycles. The van der Waals surface area contributed by atoms with Crippen molar-refractivity contribution < 1.29 is 14.1 Å². The lowest BCUT2D eigenvalue weighted by Gasteiger charge is -2.09. The molecule has 0 fully saturated rings. The number of pyridine rings is 1. The summed E-state index contributed by atoms with van der Waals surface area (Å²) in [6.45, 7) is 3.87. The van der Waals surface area contributed by atoms with Crippen molar-refractivity contribution in [3.8, 4) is 5.75 Å². The summed E-state index contributed by atoms with van der Waals surface area (Å²) in [6.07, 6.45) is 1.45. The van der Waals surface area contributed by atoms with E-state index in [9.17, 15) is 4.79 Å². The van der Waals surface area contributed by atoms with E-state index in [0.717, 1.165) is 11.3 Å². The van der Waals surface area contributed by atoms with Crippen molar-refractivity contribution in [3.63, 3.8) is 0 Å². The highest BCUT2D eigenvalue weighted by molar-refractivity contribution is 6.30. The number of nitrogens with one attached hydrogen (secondary N) is 1. The second kappa shape index (κ2) is 7.36. The lowest BCUT2D eigenvalue weighted by molar-refractivity contribution is 0.101. The van der Waals surface area contributed by atoms with Gasteiger partial charge in [-0.05, 0) is 37.6 Å². The first-order chi connectivity index (χ1) is 12.0. The average Bonchev–Trinajstić information content (AvgIpc) is 2.97. The van der Waals surface area contributed by atoms with Crippen molar-refractivity contribution in [1.29, 1.82) is 0 Å². The van der Waals surface area contributed by atoms with Gasteiger partial charge in [-0.25, -0.2) is 4.98 Å². The Morgan fingerprint density at radius 2 is 2.04 bits per heavy atom. The van der Waals surface area contributed by atoms with Crippen LogP contribution in [0.2, 0.25) is 5.02 Å². The number of carbonyl (C=O) groups is 1. The molecule has 3 rings (SSSR count). The predicted molar refractivity (Wildman–Crippen MR) is 94.0 cm³/mol. The number of hydrogen-bond donors (Lipinski definition) is 1. The first-order valence-electron chi connectivity index (χ1n) is 7.61. The third kappa shape index (κ3) is 3.97. The molecule has 2 aromatic heterocycles. The van der Waals surface area contributed by atoms with Gasteiger partial charge in [0.1, 0.15) is 23.9 Å². The van der Waals surface area contributed by atoms with Crippen LogP contribution < -0.4 is 10.1 Å². The summed E-state index contributed by atoms with van der Waals surface area (Å²) in [7, 11) is 0. The minimum atomic E-state index is -0.421. The molecule has 0 unspecified atom stereocenters. The fourth-order valence-corrected chi connectivity index (χ4v) is 2.34. The van der Waals surface area contributed by atoms with Crippen molar-refractivity contribution >= 4 is 23.3 Å². The van der Waals surface area contributed by atoms with Crippen LogP contribution in [-0.2, 0) is 6.61 Å². The van der Waals surface area contributed by atoms with Crippen molar-refractivity contribution in [1.82, 2.24) is 10.1 Å². The van der Waals surface area contributed by atoms with E-state index >= 15 is 0 Å². The van der Waals surface area contributed by atoms with Crippen LogP contribution in [-0.4, -0.2) is 16.0 Å². The van der Waals surface area contributed by atoms with Gasteiger partial charge in [0.25, 0.3) is 5.91 Å². The SMILES string of the molecule is Cc1ccccc1OCc1c(C(=O)Nc2ccc(Cl)cn2)noc1C. The van der Waals surface area contributed by atoms with Crippen molar-refractivity contribution in [3.05, 3.63) is 70.2 Å². The summed E-state index contributed by atoms with van der Waals surface area (Å²) < 4.78 is 11.0. The van der Waals surface area contributed by atoms with Crippen LogP contribution in [0, 0.1) is 13.8 Å². The molecule has 3 aromatic rings. The molecule has 7 heteroatoms. The Hall–Kier alpha value is -2.86. The third-order valence-corrected chi connectivity index (χ3v) is 3.86. The molecule has 128 valence electrons. The Kier molecular flexibility index (Phi) is 5.00. The normalized spacial score (nSPS) is 10.5. The molecule has 0 radical (unpaired) electrons. The van der Waals surface area contributed by atoms with Crippen LogP contribution in [0.15, 0.2) is 47.1 Å². The monoisotopic (exact) mass is 357 g/mol. The van der Waals surface area contributed by atoms with Crippen LogP contribution in [0.4, 0.5) is 5.82 Å². The maximum absolute atomic E-state index is 12.4. The van der Waals surface area contributed by atoms with Gasteiger partial charge in [-0.2, -0.15) is 0 Å². The van der Waals surface area contributed by atoms with Crippen LogP contribution in [0.5, 0.6) is 5.75 Å². The van der Waals surface area contributed by atoms with E-state index in [-0.39, 0.29) is 12.3 Å². The number of anilines is 1. The largest absolute Gasteiger partial charge is 0.488 e. The molecule has 0 spiro atoms. The van der Waals surface area contributed by atoms with Gasteiger partial charge < -0.3 is 14.6 Å². The van der Waals surface area contributed by atoms with Gasteiger partial charge in [-0.1, -0.05) is 35.0 Å². The number of rotatable bonds is 5. The zero-order chi connectivity index (χ0) is 17.8. The van der Waals surface area contributed by atoms with E-state index in [2.05, 4.69) is 15.5 Å². The predicted octanol–water partition coefficient (Wildman–Crippen LogP) is 4.17. The Labute approximate surface area is 149 Å². The average molecular weight is 358 g/mol. The van der Waals surface area contributed by atoms with E-state index < -0.39 is 5.91 Å². The molecular weight excluding hydrogens is 342 g/mol. The topological polar surface area (TPSA) is 77.2 Å². The number of hydrogen-bond acceptors (Lipinski definition) is 5. The molecule has 0 aliphatic rings. The minimum Gasteiger partial charge on any atom is -0.488 e. The highest BCUT2D eigenvalue weighted by Gasteiger charge is 2.21. The molecule has 1 amide bonds. The molecule has 0 atom stereocenters. The Morgan fingerprint density at radius 1 is 1.24 bits per heavy atom. The van der Waals surface area contributed by atoms with E-state index in [1.54, 1.807) is 19.1 Å². The van der Waals surface area contributed by atoms with Crippen molar-refractivity contribution in [2.24, 2.45) is 0 Å². The first-order valence-corrected chi connectivity index (χ1v) is 7.99. The number of aryl methyl sites for hydroxylation is 2. The van der Waals surface area contributed by atoms with E-state index in [1.165, 1.54) is 6.20 Å². The molecule has 25 heavy (non-hydrogen) atoms. The van der Waals surface area contributed by atoms with E-state index in [4.69, 9.17) is 20.9 Å². The highest BCUT2D eigenvalue weighted by atomic mass is 35.5. The molecule has 0 bridgehead atoms. The smallest absolute Gasteiger partial charge is 0.279 e. The van der Waals surface area contributed by atoms with Crippen LogP contribution in [0.25, 0.3) is 0 Å². The van der Waals surface area contributed by atoms with Crippen molar-refractivity contribution in [2.75, 3.05) is 5.32 Å². The summed E-state index contributed by atoms with van der Waals surface area (Å²) in [5.74, 6) is 1.23. The summed E-state index contributed by atoms with van der Waals surface area (Å²) in [4.78, 5) is 16.5. The van der Waals surface area contributed by atoms with Gasteiger partial charge >= 0.3 is 0 Å². The molecule has 6 nitrogen and oxygen atoms in total. The number of aromatic nitrogens is 2. The molecular formula is C18H16ClN3O3. The van der Waals surface area contributed by atoms with Crippen LogP contribution in [0.3, 0.4) is 0 Å². The van der Waals surface area contributed by atoms with Crippen LogP contribution in [0.1, 0.15) is 27.4 Å². The van der Waals surface area contributed by atoms with Crippen molar-refractivity contribution in [2.45, 2.75) is 20.5 Å². The summed E-state index contributed by atoms with van der Waals surface area (Å²) in [5.41, 5.74) is 1.77. The number of nitrogens with zero attached hydrogens (tertiary/aromatic N) is 2. The maximum Gasteiger partial charge on any atom is 0.279 e. The second-order valence-corrected chi connectivity index (χ2v) is 5.87. The number of amides is 1. The second-order valence-electron chi connectivity index (χ2n) is 5.44. The number of benzene rings is 1. The molecule has 0 aliphatic heterocycles. The standard InChI is InChI=1S/C18H16ClN3O3/c1-11-5-3-4-6-15(11)24-10-14-12(2)25-22-17(14)18(23)21-16-8-7-13(19)9-20-16/h3-9H,10H2,1-2H3,(H,20,21,23). The van der Waals surface area contributed by atoms with E-state index in [1.807, 2.05) is 31.2 Å². The molecule has 0 saturated carbocycles. The summed E-state index contributed by atoms with van der Waals surface area (Å²) in [6, 6.07) is 10.9. The summed E-state index contributed by atoms with van der Waals surface area (Å²) >= 11 is 5.79. The molecule has 0 aliphatic carbocycles. The fourth-order valence-electron chi connectivity index (χ4n) is 2.23. The Bertz CT molecular complexity index is 891. The zero-order valence-corrected chi connectivity index (χ0v) is 14.5. The number of para-hydroxylation sites is 1. The summed E-state index contributed by atoms with van der Waals surface area (Å²) in [5, 5.41) is 6.99. The molecule has 0 saturated heterocycles. The maximum atomic E-state index is 12.4. The Morgan fingerprint density at radius 3 is 2.76 bits per heavy atom. The quantitative estimate of drug-likeness (QED) is 0.741. The Balaban J connectivity index is 1.75. The van der Waals surface area contributed by atoms with Gasteiger partial charge in [-0.15, -0.1) is 0 Å². The van der Waals surface area contributed by atoms with E-state index in [0.29, 0.717) is 22.2 Å². The number of ether oxygens (including phenoxy) is 1. The first kappa shape index (κ1) is 17.0. The fraction of sp³-hybridized carbons (Fsp3) is 0.167. The van der Waals surface area contributed by atoms with Gasteiger partial charge in [0.2, 0.25) is 0 Å². The van der Waals surface area contributed by atoms with Gasteiger partial charge in [-0.3, -0.25) is 4.79 Å². The lowest BCUT2D eigenvalue weighted by atomic mass is 10.2.